The van der Waals surface area contributed by atoms with Crippen molar-refractivity contribution in [3.8, 4) is 0 Å². The van der Waals surface area contributed by atoms with Gasteiger partial charge in [0, 0.05) is 0 Å². The monoisotopic (exact) mass is 280 g/mol. The van der Waals surface area contributed by atoms with Gasteiger partial charge in [0.2, 0.25) is 0 Å². The highest BCUT2D eigenvalue weighted by molar-refractivity contribution is 6.08. The van der Waals surface area contributed by atoms with Gasteiger partial charge in [0.15, 0.2) is 0 Å². The Morgan fingerprint density at radius 1 is 1.00 bits per heavy atom. The standard InChI is InChI=1S/C19H20O2/c20-18-17(13-19(21-18)11-4-1-5-12-19)16-10-6-8-14-7-2-3-9-15(14)16/h2-3,7,9-10,13H,1,4-6,8,11-12H2. The summed E-state index contributed by atoms with van der Waals surface area (Å²) in [7, 11) is 0. The zero-order chi connectivity index (χ0) is 14.3. The zero-order valence-electron chi connectivity index (χ0n) is 12.2. The molecule has 0 N–H and O–H groups in total. The van der Waals surface area contributed by atoms with Crippen LogP contribution in [0.3, 0.4) is 0 Å². The lowest BCUT2D eigenvalue weighted by molar-refractivity contribution is -0.148. The molecule has 1 heterocycles. The Morgan fingerprint density at radius 3 is 2.67 bits per heavy atom. The first-order chi connectivity index (χ1) is 10.3. The molecular formula is C19H20O2. The first kappa shape index (κ1) is 12.9. The average Bonchev–Trinajstić information content (AvgIpc) is 2.83. The average molecular weight is 280 g/mol. The number of aryl methyl sites for hydroxylation is 1. The van der Waals surface area contributed by atoms with Crippen LogP contribution in [0.15, 0.2) is 42.0 Å². The molecule has 1 spiro atoms. The summed E-state index contributed by atoms with van der Waals surface area (Å²) in [5.74, 6) is -0.125. The molecule has 0 aromatic heterocycles. The Balaban J connectivity index is 1.74. The minimum atomic E-state index is -0.308. The SMILES string of the molecule is O=C1OC2(C=C1C1=CCCc3ccccc31)CCCCC2. The minimum absolute atomic E-state index is 0.125. The lowest BCUT2D eigenvalue weighted by Gasteiger charge is -2.30. The highest BCUT2D eigenvalue weighted by Crippen LogP contribution is 2.43. The molecule has 2 nitrogen and oxygen atoms in total. The Kier molecular flexibility index (Phi) is 2.99. The van der Waals surface area contributed by atoms with Crippen molar-refractivity contribution >= 4 is 11.5 Å². The van der Waals surface area contributed by atoms with Crippen LogP contribution < -0.4 is 0 Å². The molecule has 1 fully saturated rings. The van der Waals surface area contributed by atoms with E-state index in [2.05, 4.69) is 36.4 Å². The highest BCUT2D eigenvalue weighted by Gasteiger charge is 2.42. The van der Waals surface area contributed by atoms with Crippen molar-refractivity contribution in [1.82, 2.24) is 0 Å². The smallest absolute Gasteiger partial charge is 0.339 e. The number of carbonyl (C=O) groups excluding carboxylic acids is 1. The molecule has 0 atom stereocenters. The number of rotatable bonds is 1. The van der Waals surface area contributed by atoms with Gasteiger partial charge in [-0.15, -0.1) is 0 Å². The molecule has 0 unspecified atom stereocenters. The van der Waals surface area contributed by atoms with E-state index in [9.17, 15) is 4.79 Å². The Labute approximate surface area is 125 Å². The van der Waals surface area contributed by atoms with Gasteiger partial charge in [0.1, 0.15) is 5.60 Å². The van der Waals surface area contributed by atoms with Gasteiger partial charge in [-0.25, -0.2) is 4.79 Å². The van der Waals surface area contributed by atoms with Crippen molar-refractivity contribution in [2.45, 2.75) is 50.5 Å². The molecule has 108 valence electrons. The second-order valence-corrected chi connectivity index (χ2v) is 6.39. The molecule has 1 aliphatic heterocycles. The fraction of sp³-hybridized carbons (Fsp3) is 0.421. The third-order valence-electron chi connectivity index (χ3n) is 4.98. The number of esters is 1. The van der Waals surface area contributed by atoms with Crippen molar-refractivity contribution in [2.75, 3.05) is 0 Å². The predicted octanol–water partition coefficient (Wildman–Crippen LogP) is 4.20. The van der Waals surface area contributed by atoms with E-state index >= 15 is 0 Å². The molecule has 1 aromatic carbocycles. The minimum Gasteiger partial charge on any atom is -0.451 e. The maximum Gasteiger partial charge on any atom is 0.339 e. The lowest BCUT2D eigenvalue weighted by Crippen LogP contribution is -2.30. The van der Waals surface area contributed by atoms with E-state index in [0.717, 1.165) is 49.7 Å². The summed E-state index contributed by atoms with van der Waals surface area (Å²) in [5, 5.41) is 0. The normalized spacial score (nSPS) is 23.3. The number of carbonyl (C=O) groups is 1. The Bertz CT molecular complexity index is 645. The van der Waals surface area contributed by atoms with Gasteiger partial charge >= 0.3 is 5.97 Å². The van der Waals surface area contributed by atoms with Crippen LogP contribution >= 0.6 is 0 Å². The molecule has 2 aliphatic carbocycles. The van der Waals surface area contributed by atoms with E-state index in [-0.39, 0.29) is 11.6 Å². The quantitative estimate of drug-likeness (QED) is 0.721. The molecule has 21 heavy (non-hydrogen) atoms. The summed E-state index contributed by atoms with van der Waals surface area (Å²) in [6.07, 6.45) is 11.9. The number of hydrogen-bond acceptors (Lipinski definition) is 2. The Hall–Kier alpha value is -1.83. The van der Waals surface area contributed by atoms with Gasteiger partial charge in [-0.1, -0.05) is 36.8 Å². The molecule has 1 aromatic rings. The van der Waals surface area contributed by atoms with Crippen molar-refractivity contribution in [3.63, 3.8) is 0 Å². The molecule has 0 bridgehead atoms. The van der Waals surface area contributed by atoms with Crippen molar-refractivity contribution in [3.05, 3.63) is 53.1 Å². The van der Waals surface area contributed by atoms with Crippen LogP contribution in [0.5, 0.6) is 0 Å². The Morgan fingerprint density at radius 2 is 1.81 bits per heavy atom. The molecule has 0 saturated heterocycles. The lowest BCUT2D eigenvalue weighted by atomic mass is 9.82. The molecule has 3 aliphatic rings. The fourth-order valence-corrected chi connectivity index (χ4v) is 3.91. The topological polar surface area (TPSA) is 26.3 Å². The summed E-state index contributed by atoms with van der Waals surface area (Å²) < 4.78 is 5.80. The van der Waals surface area contributed by atoms with Crippen LogP contribution in [-0.4, -0.2) is 11.6 Å². The van der Waals surface area contributed by atoms with E-state index in [0.29, 0.717) is 0 Å². The molecule has 2 heteroatoms. The first-order valence-electron chi connectivity index (χ1n) is 8.02. The number of fused-ring (bicyclic) bond motifs is 1. The predicted molar refractivity (Wildman–Crippen MR) is 82.7 cm³/mol. The zero-order valence-corrected chi connectivity index (χ0v) is 12.2. The van der Waals surface area contributed by atoms with Gasteiger partial charge in [-0.05, 0) is 61.3 Å². The molecular weight excluding hydrogens is 260 g/mol. The van der Waals surface area contributed by atoms with Crippen LogP contribution in [0.4, 0.5) is 0 Å². The molecule has 0 radical (unpaired) electrons. The molecule has 4 rings (SSSR count). The number of hydrogen-bond donors (Lipinski definition) is 0. The van der Waals surface area contributed by atoms with Crippen molar-refractivity contribution in [1.29, 1.82) is 0 Å². The maximum atomic E-state index is 12.4. The van der Waals surface area contributed by atoms with E-state index < -0.39 is 0 Å². The largest absolute Gasteiger partial charge is 0.451 e. The van der Waals surface area contributed by atoms with E-state index in [4.69, 9.17) is 4.74 Å². The van der Waals surface area contributed by atoms with Crippen LogP contribution in [0, 0.1) is 0 Å². The van der Waals surface area contributed by atoms with Crippen LogP contribution in [0.2, 0.25) is 0 Å². The summed E-state index contributed by atoms with van der Waals surface area (Å²) in [4.78, 5) is 12.4. The fourth-order valence-electron chi connectivity index (χ4n) is 3.91. The maximum absolute atomic E-state index is 12.4. The number of ether oxygens (including phenoxy) is 1. The van der Waals surface area contributed by atoms with Gasteiger partial charge in [0.05, 0.1) is 5.57 Å². The third kappa shape index (κ3) is 2.14. The van der Waals surface area contributed by atoms with Crippen molar-refractivity contribution in [2.24, 2.45) is 0 Å². The summed E-state index contributed by atoms with van der Waals surface area (Å²) in [5.41, 5.74) is 4.12. The van der Waals surface area contributed by atoms with Gasteiger partial charge in [0.25, 0.3) is 0 Å². The van der Waals surface area contributed by atoms with Crippen molar-refractivity contribution < 1.29 is 9.53 Å². The van der Waals surface area contributed by atoms with Gasteiger partial charge in [-0.3, -0.25) is 0 Å². The van der Waals surface area contributed by atoms with Crippen LogP contribution in [-0.2, 0) is 16.0 Å². The summed E-state index contributed by atoms with van der Waals surface area (Å²) in [6, 6.07) is 8.42. The van der Waals surface area contributed by atoms with Gasteiger partial charge in [-0.2, -0.15) is 0 Å². The molecule has 1 saturated carbocycles. The van der Waals surface area contributed by atoms with Gasteiger partial charge < -0.3 is 4.74 Å². The van der Waals surface area contributed by atoms with E-state index in [1.54, 1.807) is 0 Å². The third-order valence-corrected chi connectivity index (χ3v) is 4.98. The van der Waals surface area contributed by atoms with E-state index in [1.807, 2.05) is 0 Å². The number of allylic oxidation sites excluding steroid dienone is 1. The second kappa shape index (κ2) is 4.87. The van der Waals surface area contributed by atoms with Crippen LogP contribution in [0.25, 0.3) is 5.57 Å². The molecule has 0 amide bonds. The van der Waals surface area contributed by atoms with Crippen LogP contribution in [0.1, 0.15) is 49.7 Å². The second-order valence-electron chi connectivity index (χ2n) is 6.39. The van der Waals surface area contributed by atoms with E-state index in [1.165, 1.54) is 17.5 Å². The summed E-state index contributed by atoms with van der Waals surface area (Å²) >= 11 is 0. The highest BCUT2D eigenvalue weighted by atomic mass is 16.6. The number of benzene rings is 1. The summed E-state index contributed by atoms with van der Waals surface area (Å²) in [6.45, 7) is 0. The first-order valence-corrected chi connectivity index (χ1v) is 8.02.